The number of fused-ring (bicyclic) bond motifs is 3. The van der Waals surface area contributed by atoms with Gasteiger partial charge in [-0.3, -0.25) is 0 Å². The van der Waals surface area contributed by atoms with Crippen LogP contribution in [0.3, 0.4) is 0 Å². The smallest absolute Gasteiger partial charge is 0.257 e. The second kappa shape index (κ2) is 5.42. The molecule has 0 amide bonds. The maximum Gasteiger partial charge on any atom is 0.257 e. The van der Waals surface area contributed by atoms with Crippen molar-refractivity contribution < 1.29 is 0 Å². The Hall–Kier alpha value is -2.27. The van der Waals surface area contributed by atoms with Gasteiger partial charge in [0.2, 0.25) is 0 Å². The number of para-hydroxylation sites is 2. The van der Waals surface area contributed by atoms with Crippen LogP contribution in [0.5, 0.6) is 0 Å². The van der Waals surface area contributed by atoms with Crippen molar-refractivity contribution in [3.8, 4) is 0 Å². The molecule has 0 aliphatic carbocycles. The van der Waals surface area contributed by atoms with Gasteiger partial charge >= 0.3 is 0 Å². The second-order valence-electron chi connectivity index (χ2n) is 5.62. The van der Waals surface area contributed by atoms with Gasteiger partial charge in [0.05, 0.1) is 0 Å². The summed E-state index contributed by atoms with van der Waals surface area (Å²) in [6.45, 7) is 1.30. The number of amidine groups is 1. The summed E-state index contributed by atoms with van der Waals surface area (Å²) in [5.41, 5.74) is 9.88. The number of hydrogen-bond donors (Lipinski definition) is 1. The van der Waals surface area contributed by atoms with Gasteiger partial charge < -0.3 is 5.73 Å². The van der Waals surface area contributed by atoms with Crippen LogP contribution in [-0.4, -0.2) is 25.1 Å². The summed E-state index contributed by atoms with van der Waals surface area (Å²) < 4.78 is 0.512. The summed E-state index contributed by atoms with van der Waals surface area (Å²) in [6.07, 6.45) is 3.99. The Labute approximate surface area is 139 Å². The van der Waals surface area contributed by atoms with Crippen molar-refractivity contribution in [1.82, 2.24) is 4.48 Å². The largest absolute Gasteiger partial charge is 0.326 e. The lowest BCUT2D eigenvalue weighted by Crippen LogP contribution is -2.52. The van der Waals surface area contributed by atoms with Crippen LogP contribution in [0.25, 0.3) is 5.70 Å². The van der Waals surface area contributed by atoms with Crippen LogP contribution >= 0.6 is 11.6 Å². The first-order chi connectivity index (χ1) is 11.2. The number of halogens is 1. The third kappa shape index (κ3) is 2.23. The first-order valence-electron chi connectivity index (χ1n) is 7.52. The van der Waals surface area contributed by atoms with Crippen molar-refractivity contribution in [1.29, 1.82) is 0 Å². The molecule has 23 heavy (non-hydrogen) atoms. The summed E-state index contributed by atoms with van der Waals surface area (Å²) in [4.78, 5) is 9.33. The average Bonchev–Trinajstić information content (AvgIpc) is 2.95. The third-order valence-electron chi connectivity index (χ3n) is 4.22. The number of aliphatic imine (C=N–C) groups is 2. The zero-order chi connectivity index (χ0) is 15.9. The molecule has 0 saturated carbocycles. The molecule has 1 atom stereocenters. The molecule has 114 valence electrons. The molecule has 2 aliphatic rings. The molecule has 0 saturated heterocycles. The zero-order valence-electron chi connectivity index (χ0n) is 12.5. The summed E-state index contributed by atoms with van der Waals surface area (Å²) in [7, 11) is 0. The fraction of sp³-hybridized carbons (Fsp3) is 0.111. The maximum atomic E-state index is 6.13. The van der Waals surface area contributed by atoms with Crippen LogP contribution in [-0.2, 0) is 0 Å². The van der Waals surface area contributed by atoms with Crippen LogP contribution in [0.4, 0.5) is 11.4 Å². The molecule has 2 aromatic rings. The van der Waals surface area contributed by atoms with E-state index in [2.05, 4.69) is 17.3 Å². The Morgan fingerprint density at radius 1 is 1.09 bits per heavy atom. The Balaban J connectivity index is 1.91. The van der Waals surface area contributed by atoms with Crippen LogP contribution in [0.2, 0.25) is 5.02 Å². The number of nitrogens with zero attached hydrogens (tertiary/aromatic N) is 3. The van der Waals surface area contributed by atoms with E-state index in [-0.39, 0.29) is 0 Å². The number of benzene rings is 2. The summed E-state index contributed by atoms with van der Waals surface area (Å²) in [5.74, 6) is 0.893. The quantitative estimate of drug-likeness (QED) is 0.860. The lowest BCUT2D eigenvalue weighted by atomic mass is 10.1. The Morgan fingerprint density at radius 2 is 1.96 bits per heavy atom. The van der Waals surface area contributed by atoms with Crippen molar-refractivity contribution >= 4 is 40.7 Å². The molecule has 0 bridgehead atoms. The highest BCUT2D eigenvalue weighted by Gasteiger charge is 2.43. The van der Waals surface area contributed by atoms with E-state index in [1.165, 1.54) is 0 Å². The fourth-order valence-electron chi connectivity index (χ4n) is 3.17. The van der Waals surface area contributed by atoms with E-state index in [1.54, 1.807) is 0 Å². The van der Waals surface area contributed by atoms with Crippen LogP contribution in [0.1, 0.15) is 5.56 Å². The fourth-order valence-corrected chi connectivity index (χ4v) is 3.36. The van der Waals surface area contributed by atoms with E-state index in [4.69, 9.17) is 22.3 Å². The van der Waals surface area contributed by atoms with E-state index in [1.807, 2.05) is 48.7 Å². The third-order valence-corrected chi connectivity index (χ3v) is 4.45. The van der Waals surface area contributed by atoms with Crippen molar-refractivity contribution in [3.63, 3.8) is 0 Å². The van der Waals surface area contributed by atoms with Gasteiger partial charge in [0.25, 0.3) is 5.84 Å². The van der Waals surface area contributed by atoms with Crippen LogP contribution < -0.4 is 10.2 Å². The van der Waals surface area contributed by atoms with Crippen molar-refractivity contribution in [2.75, 3.05) is 13.1 Å². The Morgan fingerprint density at radius 3 is 2.78 bits per heavy atom. The van der Waals surface area contributed by atoms with Crippen molar-refractivity contribution in [3.05, 3.63) is 65.3 Å². The summed E-state index contributed by atoms with van der Waals surface area (Å²) in [5, 5.41) is 0.702. The molecule has 5 heteroatoms. The first kappa shape index (κ1) is 14.3. The molecule has 4 nitrogen and oxygen atoms in total. The molecule has 4 rings (SSSR count). The highest BCUT2D eigenvalue weighted by Crippen LogP contribution is 2.42. The Bertz CT molecular complexity index is 869. The number of rotatable bonds is 3. The van der Waals surface area contributed by atoms with Gasteiger partial charge in [-0.2, -0.15) is 4.99 Å². The first-order valence-corrected chi connectivity index (χ1v) is 7.90. The van der Waals surface area contributed by atoms with Crippen molar-refractivity contribution in [2.24, 2.45) is 15.7 Å². The van der Waals surface area contributed by atoms with Gasteiger partial charge in [-0.05, 0) is 18.2 Å². The molecular weight excluding hydrogens is 308 g/mol. The summed E-state index contributed by atoms with van der Waals surface area (Å²) in [6, 6.07) is 15.9. The van der Waals surface area contributed by atoms with Gasteiger partial charge in [-0.25, -0.2) is 9.48 Å². The van der Waals surface area contributed by atoms with Gasteiger partial charge in [0, 0.05) is 23.2 Å². The van der Waals surface area contributed by atoms with Crippen molar-refractivity contribution in [2.45, 2.75) is 0 Å². The topological polar surface area (TPSA) is 50.7 Å². The standard InChI is InChI=1S/C18H16ClN4/c19-14-5-3-4-13(10-14)16-12-23(9-8-20)17-7-2-1-6-15(17)21-11-18(23)22-16/h1-7,10-12H,8-9,20H2/q+1. The molecule has 0 spiro atoms. The van der Waals surface area contributed by atoms with Gasteiger partial charge in [-0.1, -0.05) is 35.9 Å². The van der Waals surface area contributed by atoms with Gasteiger partial charge in [0.1, 0.15) is 30.3 Å². The van der Waals surface area contributed by atoms with E-state index in [0.29, 0.717) is 16.1 Å². The zero-order valence-corrected chi connectivity index (χ0v) is 13.2. The highest BCUT2D eigenvalue weighted by atomic mass is 35.5. The minimum Gasteiger partial charge on any atom is -0.326 e. The molecule has 0 radical (unpaired) electrons. The highest BCUT2D eigenvalue weighted by molar-refractivity contribution is 6.38. The molecule has 2 heterocycles. The normalized spacial score (nSPS) is 21.5. The number of quaternary nitrogens is 1. The second-order valence-corrected chi connectivity index (χ2v) is 6.06. The molecule has 1 unspecified atom stereocenters. The predicted molar refractivity (Wildman–Crippen MR) is 97.2 cm³/mol. The molecule has 2 aliphatic heterocycles. The lowest BCUT2D eigenvalue weighted by Gasteiger charge is -2.32. The monoisotopic (exact) mass is 323 g/mol. The van der Waals surface area contributed by atoms with Crippen LogP contribution in [0.15, 0.2) is 64.7 Å². The minimum atomic E-state index is 0.512. The van der Waals surface area contributed by atoms with Gasteiger partial charge in [0.15, 0.2) is 5.69 Å². The minimum absolute atomic E-state index is 0.512. The maximum absolute atomic E-state index is 6.13. The molecule has 2 aromatic carbocycles. The number of nitrogens with two attached hydrogens (primary N) is 1. The van der Waals surface area contributed by atoms with Crippen LogP contribution in [0, 0.1) is 0 Å². The average molecular weight is 324 g/mol. The van der Waals surface area contributed by atoms with E-state index >= 15 is 0 Å². The van der Waals surface area contributed by atoms with E-state index in [9.17, 15) is 0 Å². The Kier molecular flexibility index (Phi) is 3.38. The molecule has 0 aromatic heterocycles. The molecule has 0 fully saturated rings. The van der Waals surface area contributed by atoms with E-state index < -0.39 is 0 Å². The number of hydrogen-bond acceptors (Lipinski definition) is 3. The SMILES string of the molecule is NCC[N+]12C=C(c3cccc(Cl)c3)N=C1C=Nc1ccccc12. The van der Waals surface area contributed by atoms with E-state index in [0.717, 1.165) is 35.0 Å². The lowest BCUT2D eigenvalue weighted by molar-refractivity contribution is 0.560. The predicted octanol–water partition coefficient (Wildman–Crippen LogP) is 3.73. The van der Waals surface area contributed by atoms with Gasteiger partial charge in [-0.15, -0.1) is 0 Å². The summed E-state index contributed by atoms with van der Waals surface area (Å²) >= 11 is 6.13. The molecular formula is C18H16ClN4+. The molecule has 2 N–H and O–H groups in total.